The lowest BCUT2D eigenvalue weighted by molar-refractivity contribution is -0.137. The second-order valence-corrected chi connectivity index (χ2v) is 5.90. The Balaban J connectivity index is 1.75. The van der Waals surface area contributed by atoms with Crippen molar-refractivity contribution < 1.29 is 27.8 Å². The number of primary amides is 1. The molecule has 144 valence electrons. The molecule has 0 fully saturated rings. The maximum Gasteiger partial charge on any atom is 0.416 e. The number of ether oxygens (including phenoxy) is 1. The molecule has 1 unspecified atom stereocenters. The van der Waals surface area contributed by atoms with Crippen molar-refractivity contribution in [3.05, 3.63) is 78.0 Å². The molecule has 1 aromatic heterocycles. The molecular weight excluding hydrogens is 373 g/mol. The maximum absolute atomic E-state index is 12.6. The molecule has 0 aliphatic rings. The molecule has 0 aliphatic heterocycles. The summed E-state index contributed by atoms with van der Waals surface area (Å²) in [6.07, 6.45) is -5.90. The highest BCUT2D eigenvalue weighted by Gasteiger charge is 2.30. The van der Waals surface area contributed by atoms with Crippen LogP contribution >= 0.6 is 0 Å². The molecule has 0 saturated carbocycles. The zero-order valence-corrected chi connectivity index (χ0v) is 14.4. The first-order valence-corrected chi connectivity index (χ1v) is 8.14. The van der Waals surface area contributed by atoms with Crippen molar-refractivity contribution in [3.8, 4) is 22.8 Å². The van der Waals surface area contributed by atoms with Crippen LogP contribution in [0.3, 0.4) is 0 Å². The Morgan fingerprint density at radius 2 is 1.54 bits per heavy atom. The Hall–Kier alpha value is -3.39. The number of alkyl halides is 3. The van der Waals surface area contributed by atoms with E-state index >= 15 is 0 Å². The Bertz CT molecular complexity index is 971. The van der Waals surface area contributed by atoms with Crippen LogP contribution in [0.1, 0.15) is 17.4 Å². The summed E-state index contributed by atoms with van der Waals surface area (Å²) in [7, 11) is 0. The zero-order valence-electron chi connectivity index (χ0n) is 14.4. The number of halogens is 3. The van der Waals surface area contributed by atoms with E-state index in [-0.39, 0.29) is 11.4 Å². The SMILES string of the molecule is NC(=O)C(O)c1cccc(-c2ccc(Oc3ccc(C(F)(F)F)cc3)cc2)n1. The Morgan fingerprint density at radius 3 is 2.07 bits per heavy atom. The fourth-order valence-electron chi connectivity index (χ4n) is 2.45. The number of rotatable bonds is 5. The molecule has 3 N–H and O–H groups in total. The summed E-state index contributed by atoms with van der Waals surface area (Å²) in [5.74, 6) is -0.202. The minimum atomic E-state index is -4.40. The van der Waals surface area contributed by atoms with Gasteiger partial charge in [0, 0.05) is 5.56 Å². The van der Waals surface area contributed by atoms with Crippen LogP contribution < -0.4 is 10.5 Å². The minimum Gasteiger partial charge on any atom is -0.457 e. The molecule has 5 nitrogen and oxygen atoms in total. The van der Waals surface area contributed by atoms with Gasteiger partial charge in [-0.05, 0) is 60.7 Å². The van der Waals surface area contributed by atoms with Gasteiger partial charge in [-0.3, -0.25) is 4.79 Å². The molecular formula is C20H15F3N2O3. The number of aliphatic hydroxyl groups is 1. The summed E-state index contributed by atoms with van der Waals surface area (Å²) in [5.41, 5.74) is 5.66. The fraction of sp³-hybridized carbons (Fsp3) is 0.100. The highest BCUT2D eigenvalue weighted by molar-refractivity contribution is 5.79. The smallest absolute Gasteiger partial charge is 0.416 e. The molecule has 28 heavy (non-hydrogen) atoms. The van der Waals surface area contributed by atoms with Gasteiger partial charge in [0.2, 0.25) is 0 Å². The van der Waals surface area contributed by atoms with Gasteiger partial charge in [-0.25, -0.2) is 4.98 Å². The number of benzene rings is 2. The molecule has 3 aromatic rings. The molecule has 2 aromatic carbocycles. The third-order valence-electron chi connectivity index (χ3n) is 3.89. The number of nitrogens with two attached hydrogens (primary N) is 1. The summed E-state index contributed by atoms with van der Waals surface area (Å²) in [6.45, 7) is 0. The quantitative estimate of drug-likeness (QED) is 0.690. The lowest BCUT2D eigenvalue weighted by Crippen LogP contribution is -2.21. The summed E-state index contributed by atoms with van der Waals surface area (Å²) in [6, 6.07) is 15.9. The van der Waals surface area contributed by atoms with Gasteiger partial charge in [-0.15, -0.1) is 0 Å². The second-order valence-electron chi connectivity index (χ2n) is 5.90. The molecule has 0 saturated heterocycles. The molecule has 0 aliphatic carbocycles. The number of hydrogen-bond acceptors (Lipinski definition) is 4. The van der Waals surface area contributed by atoms with Crippen LogP contribution in [-0.4, -0.2) is 16.0 Å². The third-order valence-corrected chi connectivity index (χ3v) is 3.89. The van der Waals surface area contributed by atoms with E-state index in [2.05, 4.69) is 4.98 Å². The topological polar surface area (TPSA) is 85.4 Å². The monoisotopic (exact) mass is 388 g/mol. The standard InChI is InChI=1S/C20H15F3N2O3/c21-20(22,23)13-6-10-15(11-7-13)28-14-8-4-12(5-9-14)16-2-1-3-17(25-16)18(26)19(24)27/h1-11,18,26H,(H2,24,27). The van der Waals surface area contributed by atoms with Crippen LogP contribution in [0.5, 0.6) is 11.5 Å². The number of aliphatic hydroxyl groups excluding tert-OH is 1. The van der Waals surface area contributed by atoms with Gasteiger partial charge in [0.05, 0.1) is 17.0 Å². The predicted octanol–water partition coefficient (Wildman–Crippen LogP) is 4.08. The number of hydrogen-bond donors (Lipinski definition) is 2. The first-order chi connectivity index (χ1) is 13.2. The molecule has 0 spiro atoms. The number of pyridine rings is 1. The molecule has 1 heterocycles. The van der Waals surface area contributed by atoms with E-state index in [0.29, 0.717) is 17.0 Å². The van der Waals surface area contributed by atoms with Crippen molar-refractivity contribution in [3.63, 3.8) is 0 Å². The number of nitrogens with zero attached hydrogens (tertiary/aromatic N) is 1. The molecule has 0 bridgehead atoms. The Morgan fingerprint density at radius 1 is 0.964 bits per heavy atom. The molecule has 1 atom stereocenters. The van der Waals surface area contributed by atoms with Crippen molar-refractivity contribution in [2.75, 3.05) is 0 Å². The summed E-state index contributed by atoms with van der Waals surface area (Å²) in [4.78, 5) is 15.3. The van der Waals surface area contributed by atoms with Gasteiger partial charge in [-0.1, -0.05) is 6.07 Å². The Kier molecular flexibility index (Phi) is 5.32. The first-order valence-electron chi connectivity index (χ1n) is 8.14. The van der Waals surface area contributed by atoms with Crippen LogP contribution in [0.2, 0.25) is 0 Å². The van der Waals surface area contributed by atoms with Gasteiger partial charge in [-0.2, -0.15) is 13.2 Å². The third kappa shape index (κ3) is 4.47. The first kappa shape index (κ1) is 19.4. The van der Waals surface area contributed by atoms with Gasteiger partial charge in [0.15, 0.2) is 6.10 Å². The number of aromatic nitrogens is 1. The average molecular weight is 388 g/mol. The molecule has 0 radical (unpaired) electrons. The summed E-state index contributed by atoms with van der Waals surface area (Å²) in [5, 5.41) is 9.72. The average Bonchev–Trinajstić information content (AvgIpc) is 2.68. The van der Waals surface area contributed by atoms with E-state index in [1.807, 2.05) is 0 Å². The van der Waals surface area contributed by atoms with E-state index in [1.54, 1.807) is 36.4 Å². The van der Waals surface area contributed by atoms with Crippen LogP contribution in [0, 0.1) is 0 Å². The van der Waals surface area contributed by atoms with Crippen molar-refractivity contribution in [2.45, 2.75) is 12.3 Å². The van der Waals surface area contributed by atoms with Crippen molar-refractivity contribution >= 4 is 5.91 Å². The zero-order chi connectivity index (χ0) is 20.3. The maximum atomic E-state index is 12.6. The fourth-order valence-corrected chi connectivity index (χ4v) is 2.45. The molecule has 8 heteroatoms. The summed E-state index contributed by atoms with van der Waals surface area (Å²) < 4.78 is 43.3. The van der Waals surface area contributed by atoms with E-state index in [9.17, 15) is 23.1 Å². The van der Waals surface area contributed by atoms with Gasteiger partial charge in [0.25, 0.3) is 5.91 Å². The largest absolute Gasteiger partial charge is 0.457 e. The van der Waals surface area contributed by atoms with Crippen molar-refractivity contribution in [1.29, 1.82) is 0 Å². The normalized spacial score (nSPS) is 12.4. The second kappa shape index (κ2) is 7.69. The number of carbonyl (C=O) groups is 1. The van der Waals surface area contributed by atoms with Gasteiger partial charge >= 0.3 is 6.18 Å². The number of amides is 1. The molecule has 1 amide bonds. The molecule has 3 rings (SSSR count). The van der Waals surface area contributed by atoms with E-state index in [1.165, 1.54) is 18.2 Å². The van der Waals surface area contributed by atoms with E-state index < -0.39 is 23.8 Å². The summed E-state index contributed by atoms with van der Waals surface area (Å²) >= 11 is 0. The predicted molar refractivity (Wildman–Crippen MR) is 95.3 cm³/mol. The van der Waals surface area contributed by atoms with Crippen LogP contribution in [0.25, 0.3) is 11.3 Å². The highest BCUT2D eigenvalue weighted by atomic mass is 19.4. The van der Waals surface area contributed by atoms with E-state index in [0.717, 1.165) is 12.1 Å². The van der Waals surface area contributed by atoms with Crippen LogP contribution in [0.15, 0.2) is 66.7 Å². The van der Waals surface area contributed by atoms with Gasteiger partial charge < -0.3 is 15.6 Å². The number of carbonyl (C=O) groups excluding carboxylic acids is 1. The van der Waals surface area contributed by atoms with E-state index in [4.69, 9.17) is 10.5 Å². The Labute approximate surface area is 158 Å². The van der Waals surface area contributed by atoms with Crippen molar-refractivity contribution in [2.24, 2.45) is 5.73 Å². The highest BCUT2D eigenvalue weighted by Crippen LogP contribution is 2.31. The van der Waals surface area contributed by atoms with Crippen LogP contribution in [0.4, 0.5) is 13.2 Å². The van der Waals surface area contributed by atoms with Crippen molar-refractivity contribution in [1.82, 2.24) is 4.98 Å². The van der Waals surface area contributed by atoms with Gasteiger partial charge in [0.1, 0.15) is 11.5 Å². The van der Waals surface area contributed by atoms with Crippen LogP contribution in [-0.2, 0) is 11.0 Å². The lowest BCUT2D eigenvalue weighted by atomic mass is 10.1. The lowest BCUT2D eigenvalue weighted by Gasteiger charge is -2.10. The minimum absolute atomic E-state index is 0.134.